The predicted octanol–water partition coefficient (Wildman–Crippen LogP) is 4.19. The quantitative estimate of drug-likeness (QED) is 0.848. The monoisotopic (exact) mass is 279 g/mol. The van der Waals surface area contributed by atoms with E-state index in [1.54, 1.807) is 0 Å². The third kappa shape index (κ3) is 4.05. The summed E-state index contributed by atoms with van der Waals surface area (Å²) in [5.41, 5.74) is 6.10. The molecule has 114 valence electrons. The van der Waals surface area contributed by atoms with Crippen molar-refractivity contribution in [2.24, 2.45) is 17.6 Å². The summed E-state index contributed by atoms with van der Waals surface area (Å²) in [6.07, 6.45) is 8.56. The van der Waals surface area contributed by atoms with E-state index in [4.69, 9.17) is 10.3 Å². The van der Waals surface area contributed by atoms with E-state index in [2.05, 4.69) is 30.9 Å². The molecule has 0 aromatic carbocycles. The van der Waals surface area contributed by atoms with Gasteiger partial charge in [0.25, 0.3) is 0 Å². The van der Waals surface area contributed by atoms with Gasteiger partial charge in [0.1, 0.15) is 0 Å². The molecule has 1 saturated carbocycles. The van der Waals surface area contributed by atoms with Gasteiger partial charge in [-0.1, -0.05) is 38.8 Å². The number of aromatic nitrogens is 2. The minimum atomic E-state index is -0.118. The van der Waals surface area contributed by atoms with Crippen molar-refractivity contribution in [3.63, 3.8) is 0 Å². The Hall–Kier alpha value is -0.900. The van der Waals surface area contributed by atoms with Crippen LogP contribution in [0.4, 0.5) is 0 Å². The molecule has 0 radical (unpaired) electrons. The lowest BCUT2D eigenvalue weighted by Crippen LogP contribution is -2.15. The van der Waals surface area contributed by atoms with Gasteiger partial charge in [-0.2, -0.15) is 4.98 Å². The molecule has 0 saturated heterocycles. The standard InChI is InChI=1S/C16H29N3O/c1-4-5-12-6-8-13(9-7-12)15-18-16(20-19-15)14(17)10-11(2)3/h11-14H,4-10,17H2,1-3H3. The van der Waals surface area contributed by atoms with Crippen LogP contribution in [-0.4, -0.2) is 10.1 Å². The molecule has 2 rings (SSSR count). The minimum absolute atomic E-state index is 0.118. The van der Waals surface area contributed by atoms with Gasteiger partial charge in [-0.15, -0.1) is 0 Å². The van der Waals surface area contributed by atoms with Gasteiger partial charge >= 0.3 is 0 Å². The van der Waals surface area contributed by atoms with Crippen molar-refractivity contribution in [1.29, 1.82) is 0 Å². The molecular weight excluding hydrogens is 250 g/mol. The number of hydrogen-bond acceptors (Lipinski definition) is 4. The molecule has 1 unspecified atom stereocenters. The van der Waals surface area contributed by atoms with E-state index in [0.717, 1.165) is 18.2 Å². The van der Waals surface area contributed by atoms with Crippen LogP contribution < -0.4 is 5.73 Å². The highest BCUT2D eigenvalue weighted by Gasteiger charge is 2.26. The second kappa shape index (κ2) is 7.21. The molecular formula is C16H29N3O. The Morgan fingerprint density at radius 3 is 2.55 bits per heavy atom. The van der Waals surface area contributed by atoms with Crippen molar-refractivity contribution in [2.45, 2.75) is 77.7 Å². The van der Waals surface area contributed by atoms with Crippen molar-refractivity contribution in [3.8, 4) is 0 Å². The predicted molar refractivity (Wildman–Crippen MR) is 80.3 cm³/mol. The molecule has 1 aliphatic rings. The van der Waals surface area contributed by atoms with Crippen LogP contribution in [0.15, 0.2) is 4.52 Å². The highest BCUT2D eigenvalue weighted by Crippen LogP contribution is 2.36. The maximum atomic E-state index is 6.10. The molecule has 1 aliphatic carbocycles. The van der Waals surface area contributed by atoms with Crippen LogP contribution in [0.25, 0.3) is 0 Å². The molecule has 4 heteroatoms. The van der Waals surface area contributed by atoms with Gasteiger partial charge in [-0.3, -0.25) is 0 Å². The zero-order chi connectivity index (χ0) is 14.5. The summed E-state index contributed by atoms with van der Waals surface area (Å²) in [6, 6.07) is -0.118. The maximum Gasteiger partial charge on any atom is 0.243 e. The third-order valence-electron chi connectivity index (χ3n) is 4.41. The molecule has 4 nitrogen and oxygen atoms in total. The van der Waals surface area contributed by atoms with Gasteiger partial charge < -0.3 is 10.3 Å². The van der Waals surface area contributed by atoms with E-state index >= 15 is 0 Å². The Labute approximate surface area is 122 Å². The normalized spacial score (nSPS) is 25.1. The first-order valence-electron chi connectivity index (χ1n) is 8.19. The number of hydrogen-bond donors (Lipinski definition) is 1. The molecule has 1 heterocycles. The summed E-state index contributed by atoms with van der Waals surface area (Å²) in [6.45, 7) is 6.59. The maximum absolute atomic E-state index is 6.10. The second-order valence-electron chi connectivity index (χ2n) is 6.73. The van der Waals surface area contributed by atoms with Crippen LogP contribution in [0.2, 0.25) is 0 Å². The van der Waals surface area contributed by atoms with E-state index in [9.17, 15) is 0 Å². The molecule has 20 heavy (non-hydrogen) atoms. The molecule has 0 amide bonds. The lowest BCUT2D eigenvalue weighted by molar-refractivity contribution is 0.292. The summed E-state index contributed by atoms with van der Waals surface area (Å²) in [7, 11) is 0. The molecule has 0 bridgehead atoms. The summed E-state index contributed by atoms with van der Waals surface area (Å²) in [4.78, 5) is 4.56. The average Bonchev–Trinajstić information content (AvgIpc) is 2.89. The minimum Gasteiger partial charge on any atom is -0.338 e. The summed E-state index contributed by atoms with van der Waals surface area (Å²) < 4.78 is 5.37. The second-order valence-corrected chi connectivity index (χ2v) is 6.73. The van der Waals surface area contributed by atoms with E-state index in [1.807, 2.05) is 0 Å². The van der Waals surface area contributed by atoms with E-state index in [-0.39, 0.29) is 6.04 Å². The van der Waals surface area contributed by atoms with Crippen LogP contribution >= 0.6 is 0 Å². The largest absolute Gasteiger partial charge is 0.338 e. The van der Waals surface area contributed by atoms with Crippen LogP contribution in [0.3, 0.4) is 0 Å². The lowest BCUT2D eigenvalue weighted by Gasteiger charge is -2.26. The van der Waals surface area contributed by atoms with Crippen molar-refractivity contribution in [2.75, 3.05) is 0 Å². The highest BCUT2D eigenvalue weighted by atomic mass is 16.5. The van der Waals surface area contributed by atoms with Gasteiger partial charge in [-0.25, -0.2) is 0 Å². The SMILES string of the molecule is CCCC1CCC(c2noc(C(N)CC(C)C)n2)CC1. The van der Waals surface area contributed by atoms with Crippen LogP contribution in [0.5, 0.6) is 0 Å². The first kappa shape index (κ1) is 15.5. The average molecular weight is 279 g/mol. The van der Waals surface area contributed by atoms with E-state index in [1.165, 1.54) is 38.5 Å². The van der Waals surface area contributed by atoms with Crippen molar-refractivity contribution < 1.29 is 4.52 Å². The van der Waals surface area contributed by atoms with Crippen molar-refractivity contribution in [3.05, 3.63) is 11.7 Å². The first-order chi connectivity index (χ1) is 9.60. The number of nitrogens with zero attached hydrogens (tertiary/aromatic N) is 2. The summed E-state index contributed by atoms with van der Waals surface area (Å²) in [5.74, 6) is 3.43. The van der Waals surface area contributed by atoms with E-state index < -0.39 is 0 Å². The van der Waals surface area contributed by atoms with Crippen LogP contribution in [0, 0.1) is 11.8 Å². The molecule has 1 aromatic heterocycles. The molecule has 2 N–H and O–H groups in total. The fourth-order valence-corrected chi connectivity index (χ4v) is 3.29. The van der Waals surface area contributed by atoms with Crippen molar-refractivity contribution >= 4 is 0 Å². The van der Waals surface area contributed by atoms with Crippen LogP contribution in [0.1, 0.15) is 89.4 Å². The molecule has 0 spiro atoms. The van der Waals surface area contributed by atoms with Gasteiger partial charge in [-0.05, 0) is 43.9 Å². The molecule has 1 atom stereocenters. The van der Waals surface area contributed by atoms with Gasteiger partial charge in [0, 0.05) is 5.92 Å². The Balaban J connectivity index is 1.89. The smallest absolute Gasteiger partial charge is 0.243 e. The van der Waals surface area contributed by atoms with Crippen LogP contribution in [-0.2, 0) is 0 Å². The Morgan fingerprint density at radius 1 is 1.25 bits per heavy atom. The van der Waals surface area contributed by atoms with Crippen molar-refractivity contribution in [1.82, 2.24) is 10.1 Å². The zero-order valence-electron chi connectivity index (χ0n) is 13.1. The first-order valence-corrected chi connectivity index (χ1v) is 8.19. The Kier molecular flexibility index (Phi) is 5.58. The fraction of sp³-hybridized carbons (Fsp3) is 0.875. The fourth-order valence-electron chi connectivity index (χ4n) is 3.29. The van der Waals surface area contributed by atoms with Gasteiger partial charge in [0.15, 0.2) is 5.82 Å². The molecule has 1 aromatic rings. The van der Waals surface area contributed by atoms with Gasteiger partial charge in [0.2, 0.25) is 5.89 Å². The van der Waals surface area contributed by atoms with Gasteiger partial charge in [0.05, 0.1) is 6.04 Å². The highest BCUT2D eigenvalue weighted by molar-refractivity contribution is 5.00. The molecule has 0 aliphatic heterocycles. The number of rotatable bonds is 6. The Bertz CT molecular complexity index is 394. The zero-order valence-corrected chi connectivity index (χ0v) is 13.1. The Morgan fingerprint density at radius 2 is 1.95 bits per heavy atom. The number of nitrogens with two attached hydrogens (primary N) is 1. The summed E-state index contributed by atoms with van der Waals surface area (Å²) in [5, 5.41) is 4.17. The lowest BCUT2D eigenvalue weighted by atomic mass is 9.80. The topological polar surface area (TPSA) is 64.9 Å². The molecule has 1 fully saturated rings. The van der Waals surface area contributed by atoms with E-state index in [0.29, 0.717) is 17.7 Å². The third-order valence-corrected chi connectivity index (χ3v) is 4.41. The summed E-state index contributed by atoms with van der Waals surface area (Å²) >= 11 is 0.